The Hall–Kier alpha value is -4.22. The molecule has 12 heteroatoms. The molecule has 37 heavy (non-hydrogen) atoms. The number of alkyl halides is 3. The number of halogens is 3. The van der Waals surface area contributed by atoms with Gasteiger partial charge in [-0.25, -0.2) is 9.97 Å². The highest BCUT2D eigenvalue weighted by Gasteiger charge is 2.42. The normalized spacial score (nSPS) is 15.9. The minimum Gasteiger partial charge on any atom is -0.431 e. The number of carbonyl (C=O) groups excluding carboxylic acids is 1. The predicted octanol–water partition coefficient (Wildman–Crippen LogP) is 5.51. The van der Waals surface area contributed by atoms with Gasteiger partial charge in [0.15, 0.2) is 11.5 Å². The summed E-state index contributed by atoms with van der Waals surface area (Å²) in [4.78, 5) is 27.4. The summed E-state index contributed by atoms with van der Waals surface area (Å²) in [5, 5.41) is 6.45. The lowest BCUT2D eigenvalue weighted by atomic mass is 10.1. The van der Waals surface area contributed by atoms with Crippen molar-refractivity contribution in [1.82, 2.24) is 20.1 Å². The number of oxazole rings is 1. The number of hydrogen-bond acceptors (Lipinski definition) is 8. The van der Waals surface area contributed by atoms with Crippen LogP contribution in [0.5, 0.6) is 0 Å². The van der Waals surface area contributed by atoms with Gasteiger partial charge in [0, 0.05) is 24.6 Å². The number of amides is 1. The molecule has 1 aliphatic rings. The van der Waals surface area contributed by atoms with Gasteiger partial charge in [-0.05, 0) is 30.7 Å². The molecular weight excluding hydrogens is 489 g/mol. The number of hydrogen-bond donors (Lipinski definition) is 1. The maximum atomic E-state index is 13.6. The van der Waals surface area contributed by atoms with Crippen molar-refractivity contribution >= 4 is 17.4 Å². The molecule has 1 aliphatic heterocycles. The van der Waals surface area contributed by atoms with E-state index in [2.05, 4.69) is 25.4 Å². The van der Waals surface area contributed by atoms with Crippen LogP contribution in [0.15, 0.2) is 57.6 Å². The molecular formula is C25H23F3N6O3. The van der Waals surface area contributed by atoms with Gasteiger partial charge >= 0.3 is 6.18 Å². The first-order valence-electron chi connectivity index (χ1n) is 11.7. The number of pyridine rings is 1. The van der Waals surface area contributed by atoms with E-state index in [9.17, 15) is 18.0 Å². The zero-order valence-corrected chi connectivity index (χ0v) is 20.0. The van der Waals surface area contributed by atoms with Gasteiger partial charge in [0.05, 0.1) is 17.8 Å². The fourth-order valence-electron chi connectivity index (χ4n) is 4.03. The second-order valence-corrected chi connectivity index (χ2v) is 9.00. The average Bonchev–Trinajstić information content (AvgIpc) is 3.64. The Labute approximate surface area is 209 Å². The van der Waals surface area contributed by atoms with Crippen LogP contribution in [0.25, 0.3) is 11.5 Å². The molecule has 1 fully saturated rings. The first-order valence-corrected chi connectivity index (χ1v) is 11.7. The number of carbonyl (C=O) groups is 1. The van der Waals surface area contributed by atoms with Crippen LogP contribution in [0.2, 0.25) is 0 Å². The average molecular weight is 512 g/mol. The molecule has 5 rings (SSSR count). The molecule has 1 amide bonds. The molecule has 3 aromatic heterocycles. The van der Waals surface area contributed by atoms with Crippen LogP contribution in [0, 0.1) is 0 Å². The largest absolute Gasteiger partial charge is 0.452 e. The highest BCUT2D eigenvalue weighted by atomic mass is 19.4. The van der Waals surface area contributed by atoms with E-state index in [1.54, 1.807) is 42.5 Å². The lowest BCUT2D eigenvalue weighted by Gasteiger charge is -2.17. The highest BCUT2D eigenvalue weighted by Crippen LogP contribution is 2.36. The summed E-state index contributed by atoms with van der Waals surface area (Å²) in [5.74, 6) is -0.627. The Kier molecular flexibility index (Phi) is 6.40. The third kappa shape index (κ3) is 5.18. The van der Waals surface area contributed by atoms with E-state index in [0.717, 1.165) is 13.0 Å². The fourth-order valence-corrected chi connectivity index (χ4v) is 4.03. The van der Waals surface area contributed by atoms with Crippen molar-refractivity contribution in [3.63, 3.8) is 0 Å². The quantitative estimate of drug-likeness (QED) is 0.360. The number of anilines is 2. The summed E-state index contributed by atoms with van der Waals surface area (Å²) in [5.41, 5.74) is -0.304. The molecule has 0 aliphatic carbocycles. The van der Waals surface area contributed by atoms with Crippen molar-refractivity contribution in [2.45, 2.75) is 38.3 Å². The van der Waals surface area contributed by atoms with Crippen molar-refractivity contribution in [1.29, 1.82) is 0 Å². The number of rotatable bonds is 6. The van der Waals surface area contributed by atoms with Crippen LogP contribution in [-0.4, -0.2) is 39.1 Å². The SMILES string of the molecule is CC(C)c1noc(C2CCN(c3ccc(NC(=O)c4nc(-c5ccccc5)oc4C(F)(F)F)cn3)C2)n1. The van der Waals surface area contributed by atoms with Gasteiger partial charge in [0.2, 0.25) is 17.5 Å². The van der Waals surface area contributed by atoms with Crippen LogP contribution in [0.4, 0.5) is 24.7 Å². The summed E-state index contributed by atoms with van der Waals surface area (Å²) >= 11 is 0. The molecule has 1 atom stereocenters. The number of nitrogens with one attached hydrogen (secondary N) is 1. The van der Waals surface area contributed by atoms with Gasteiger partial charge in [0.25, 0.3) is 5.91 Å². The van der Waals surface area contributed by atoms with Crippen molar-refractivity contribution < 1.29 is 26.9 Å². The third-order valence-corrected chi connectivity index (χ3v) is 5.96. The molecule has 0 saturated carbocycles. The molecule has 1 aromatic carbocycles. The molecule has 9 nitrogen and oxygen atoms in total. The lowest BCUT2D eigenvalue weighted by molar-refractivity contribution is -0.153. The van der Waals surface area contributed by atoms with Crippen LogP contribution in [-0.2, 0) is 6.18 Å². The summed E-state index contributed by atoms with van der Waals surface area (Å²) < 4.78 is 51.0. The molecule has 1 N–H and O–H groups in total. The number of benzene rings is 1. The minimum absolute atomic E-state index is 0.0768. The van der Waals surface area contributed by atoms with E-state index in [-0.39, 0.29) is 23.4 Å². The van der Waals surface area contributed by atoms with Gasteiger partial charge < -0.3 is 19.2 Å². The van der Waals surface area contributed by atoms with E-state index >= 15 is 0 Å². The second kappa shape index (κ2) is 9.68. The van der Waals surface area contributed by atoms with Gasteiger partial charge in [-0.15, -0.1) is 0 Å². The first-order chi connectivity index (χ1) is 17.7. The van der Waals surface area contributed by atoms with E-state index < -0.39 is 23.5 Å². The number of aromatic nitrogens is 4. The Balaban J connectivity index is 1.28. The van der Waals surface area contributed by atoms with Crippen molar-refractivity contribution in [3.05, 3.63) is 71.8 Å². The van der Waals surface area contributed by atoms with Crippen LogP contribution in [0.1, 0.15) is 60.1 Å². The van der Waals surface area contributed by atoms with E-state index in [4.69, 9.17) is 8.94 Å². The molecule has 192 valence electrons. The summed E-state index contributed by atoms with van der Waals surface area (Å²) in [7, 11) is 0. The summed E-state index contributed by atoms with van der Waals surface area (Å²) in [6.45, 7) is 5.34. The highest BCUT2D eigenvalue weighted by molar-refractivity contribution is 6.04. The Morgan fingerprint density at radius 1 is 1.14 bits per heavy atom. The second-order valence-electron chi connectivity index (χ2n) is 9.00. The number of nitrogens with zero attached hydrogens (tertiary/aromatic N) is 5. The zero-order valence-electron chi connectivity index (χ0n) is 20.0. The van der Waals surface area contributed by atoms with Gasteiger partial charge in [0.1, 0.15) is 5.82 Å². The summed E-state index contributed by atoms with van der Waals surface area (Å²) in [6, 6.07) is 11.3. The predicted molar refractivity (Wildman–Crippen MR) is 127 cm³/mol. The minimum atomic E-state index is -4.89. The van der Waals surface area contributed by atoms with Crippen LogP contribution >= 0.6 is 0 Å². The standard InChI is InChI=1S/C25H23F3N6O3/c1-14(2)21-32-24(37-33-21)16-10-11-34(13-16)18-9-8-17(12-29-18)30-22(35)19-20(25(26,27)28)36-23(31-19)15-6-4-3-5-7-15/h3-9,12,14,16H,10-11,13H2,1-2H3,(H,30,35). The topological polar surface area (TPSA) is 110 Å². The smallest absolute Gasteiger partial charge is 0.431 e. The molecule has 1 saturated heterocycles. The Bertz CT molecular complexity index is 1380. The maximum absolute atomic E-state index is 13.6. The Morgan fingerprint density at radius 2 is 1.92 bits per heavy atom. The first kappa shape index (κ1) is 24.5. The molecule has 0 radical (unpaired) electrons. The van der Waals surface area contributed by atoms with Crippen LogP contribution in [0.3, 0.4) is 0 Å². The van der Waals surface area contributed by atoms with Gasteiger partial charge in [-0.2, -0.15) is 18.2 Å². The van der Waals surface area contributed by atoms with Crippen molar-refractivity contribution in [2.24, 2.45) is 0 Å². The molecule has 0 spiro atoms. The monoisotopic (exact) mass is 512 g/mol. The maximum Gasteiger partial charge on any atom is 0.452 e. The summed E-state index contributed by atoms with van der Waals surface area (Å²) in [6.07, 6.45) is -2.69. The molecule has 1 unspecified atom stereocenters. The van der Waals surface area contributed by atoms with E-state index in [0.29, 0.717) is 29.6 Å². The van der Waals surface area contributed by atoms with Crippen molar-refractivity contribution in [2.75, 3.05) is 23.3 Å². The van der Waals surface area contributed by atoms with E-state index in [1.807, 2.05) is 18.7 Å². The van der Waals surface area contributed by atoms with Crippen LogP contribution < -0.4 is 10.2 Å². The fraction of sp³-hybridized carbons (Fsp3) is 0.320. The van der Waals surface area contributed by atoms with E-state index in [1.165, 1.54) is 6.20 Å². The third-order valence-electron chi connectivity index (χ3n) is 5.96. The van der Waals surface area contributed by atoms with Crippen molar-refractivity contribution in [3.8, 4) is 11.5 Å². The Morgan fingerprint density at radius 3 is 2.57 bits per heavy atom. The lowest BCUT2D eigenvalue weighted by Crippen LogP contribution is -2.21. The molecule has 0 bridgehead atoms. The molecule has 4 aromatic rings. The molecule has 4 heterocycles. The zero-order chi connectivity index (χ0) is 26.2. The van der Waals surface area contributed by atoms with Gasteiger partial charge in [-0.1, -0.05) is 37.2 Å². The van der Waals surface area contributed by atoms with Gasteiger partial charge in [-0.3, -0.25) is 4.79 Å².